The van der Waals surface area contributed by atoms with Crippen molar-refractivity contribution < 1.29 is 14.6 Å². The molecule has 1 aromatic heterocycles. The molecule has 21 heavy (non-hydrogen) atoms. The number of aryl methyl sites for hydroxylation is 1. The number of rotatable bonds is 6. The smallest absolute Gasteiger partial charge is 0.337 e. The normalized spacial score (nSPS) is 18.2. The number of carbonyl (C=O) groups is 1. The lowest BCUT2D eigenvalue weighted by Crippen LogP contribution is -2.51. The first-order valence-corrected chi connectivity index (χ1v) is 7.99. The third-order valence-electron chi connectivity index (χ3n) is 3.14. The molecular weight excluding hydrogens is 308 g/mol. The van der Waals surface area contributed by atoms with Crippen LogP contribution in [0.2, 0.25) is 0 Å². The minimum absolute atomic E-state index is 0.210. The van der Waals surface area contributed by atoms with Crippen molar-refractivity contribution in [3.05, 3.63) is 33.7 Å². The number of aliphatic hydroxyl groups is 1. The molecule has 1 aromatic rings. The molecule has 0 saturated carbocycles. The van der Waals surface area contributed by atoms with Gasteiger partial charge in [0.25, 0.3) is 0 Å². The number of aliphatic hydroxyl groups excluding tert-OH is 1. The van der Waals surface area contributed by atoms with Crippen molar-refractivity contribution in [3.63, 3.8) is 0 Å². The monoisotopic (exact) mass is 326 g/mol. The van der Waals surface area contributed by atoms with E-state index in [1.54, 1.807) is 18.3 Å². The quantitative estimate of drug-likeness (QED) is 0.416. The molecule has 114 valence electrons. The number of hydrogen-bond donors (Lipinski definition) is 3. The fourth-order valence-electron chi connectivity index (χ4n) is 2.14. The standard InChI is InChI=1S/C14H18N2O3S2/c1-9-12(11(8-17)16-14(20)15-9)13(18)19-6-2-4-10-5-3-7-21-10/h3,5,7,11,17H,2,4,6,8H2,1H3,(H2,15,16,20). The Morgan fingerprint density at radius 3 is 3.05 bits per heavy atom. The van der Waals surface area contributed by atoms with E-state index in [1.165, 1.54) is 4.88 Å². The molecule has 1 atom stereocenters. The van der Waals surface area contributed by atoms with E-state index in [9.17, 15) is 9.90 Å². The van der Waals surface area contributed by atoms with Crippen molar-refractivity contribution in [1.82, 2.24) is 10.6 Å². The first-order chi connectivity index (χ1) is 10.1. The first-order valence-electron chi connectivity index (χ1n) is 6.70. The van der Waals surface area contributed by atoms with Crippen LogP contribution in [0.5, 0.6) is 0 Å². The zero-order valence-electron chi connectivity index (χ0n) is 11.7. The molecule has 0 aliphatic carbocycles. The summed E-state index contributed by atoms with van der Waals surface area (Å²) in [5.74, 6) is -0.416. The van der Waals surface area contributed by atoms with Gasteiger partial charge in [-0.3, -0.25) is 0 Å². The van der Waals surface area contributed by atoms with Gasteiger partial charge in [0.05, 0.1) is 24.8 Å². The Labute approximate surface area is 133 Å². The number of thiocarbonyl (C=S) groups is 1. The molecule has 1 aliphatic rings. The van der Waals surface area contributed by atoms with Gasteiger partial charge >= 0.3 is 5.97 Å². The summed E-state index contributed by atoms with van der Waals surface area (Å²) in [7, 11) is 0. The van der Waals surface area contributed by atoms with E-state index in [2.05, 4.69) is 16.7 Å². The number of nitrogens with one attached hydrogen (secondary N) is 2. The van der Waals surface area contributed by atoms with Crippen molar-refractivity contribution in [3.8, 4) is 0 Å². The van der Waals surface area contributed by atoms with Gasteiger partial charge < -0.3 is 20.5 Å². The van der Waals surface area contributed by atoms with E-state index in [4.69, 9.17) is 17.0 Å². The number of esters is 1. The van der Waals surface area contributed by atoms with Gasteiger partial charge in [0.15, 0.2) is 5.11 Å². The lowest BCUT2D eigenvalue weighted by Gasteiger charge is -2.28. The van der Waals surface area contributed by atoms with Crippen LogP contribution in [0, 0.1) is 0 Å². The fraction of sp³-hybridized carbons (Fsp3) is 0.429. The SMILES string of the molecule is CC1=C(C(=O)OCCCc2cccs2)C(CO)NC(=S)N1. The molecule has 0 amide bonds. The van der Waals surface area contributed by atoms with Gasteiger partial charge in [0.2, 0.25) is 0 Å². The fourth-order valence-corrected chi connectivity index (χ4v) is 3.19. The topological polar surface area (TPSA) is 70.6 Å². The summed E-state index contributed by atoms with van der Waals surface area (Å²) in [6.45, 7) is 1.90. The van der Waals surface area contributed by atoms with Gasteiger partial charge in [-0.15, -0.1) is 11.3 Å². The van der Waals surface area contributed by atoms with Crippen molar-refractivity contribution in [2.45, 2.75) is 25.8 Å². The summed E-state index contributed by atoms with van der Waals surface area (Å²) in [6, 6.07) is 3.56. The highest BCUT2D eigenvalue weighted by Crippen LogP contribution is 2.15. The summed E-state index contributed by atoms with van der Waals surface area (Å²) in [5.41, 5.74) is 1.03. The average Bonchev–Trinajstić information content (AvgIpc) is 2.95. The first kappa shape index (κ1) is 15.9. The van der Waals surface area contributed by atoms with Gasteiger partial charge in [-0.05, 0) is 43.4 Å². The maximum absolute atomic E-state index is 12.1. The Morgan fingerprint density at radius 2 is 2.38 bits per heavy atom. The largest absolute Gasteiger partial charge is 0.462 e. The molecule has 7 heteroatoms. The summed E-state index contributed by atoms with van der Waals surface area (Å²) in [5, 5.41) is 17.5. The summed E-state index contributed by atoms with van der Waals surface area (Å²) in [6.07, 6.45) is 1.68. The molecule has 2 rings (SSSR count). The lowest BCUT2D eigenvalue weighted by molar-refractivity contribution is -0.139. The highest BCUT2D eigenvalue weighted by Gasteiger charge is 2.28. The molecule has 3 N–H and O–H groups in total. The summed E-state index contributed by atoms with van der Waals surface area (Å²) < 4.78 is 5.29. The molecule has 0 fully saturated rings. The molecule has 1 aliphatic heterocycles. The second-order valence-corrected chi connectivity index (χ2v) is 6.13. The van der Waals surface area contributed by atoms with Crippen LogP contribution < -0.4 is 10.6 Å². The van der Waals surface area contributed by atoms with Gasteiger partial charge in [0.1, 0.15) is 0 Å². The van der Waals surface area contributed by atoms with Gasteiger partial charge in [-0.25, -0.2) is 4.79 Å². The molecule has 0 bridgehead atoms. The maximum Gasteiger partial charge on any atom is 0.337 e. The second-order valence-electron chi connectivity index (χ2n) is 4.69. The maximum atomic E-state index is 12.1. The number of hydrogen-bond acceptors (Lipinski definition) is 5. The number of allylic oxidation sites excluding steroid dienone is 1. The van der Waals surface area contributed by atoms with Gasteiger partial charge in [-0.1, -0.05) is 6.07 Å². The number of thiophene rings is 1. The molecule has 0 aromatic carbocycles. The minimum atomic E-state index is -0.511. The molecule has 5 nitrogen and oxygen atoms in total. The molecule has 0 saturated heterocycles. The van der Waals surface area contributed by atoms with Gasteiger partial charge in [-0.2, -0.15) is 0 Å². The van der Waals surface area contributed by atoms with Crippen LogP contribution in [0.15, 0.2) is 28.8 Å². The predicted octanol–water partition coefficient (Wildman–Crippen LogP) is 1.34. The van der Waals surface area contributed by atoms with Crippen molar-refractivity contribution >= 4 is 34.6 Å². The van der Waals surface area contributed by atoms with Gasteiger partial charge in [0, 0.05) is 10.6 Å². The third-order valence-corrected chi connectivity index (χ3v) is 4.30. The van der Waals surface area contributed by atoms with Crippen LogP contribution in [-0.2, 0) is 16.0 Å². The summed E-state index contributed by atoms with van der Waals surface area (Å²) >= 11 is 6.70. The molecular formula is C14H18N2O3S2. The predicted molar refractivity (Wildman–Crippen MR) is 86.0 cm³/mol. The average molecular weight is 326 g/mol. The minimum Gasteiger partial charge on any atom is -0.462 e. The summed E-state index contributed by atoms with van der Waals surface area (Å²) in [4.78, 5) is 13.4. The molecule has 0 spiro atoms. The van der Waals surface area contributed by atoms with Crippen LogP contribution in [0.4, 0.5) is 0 Å². The van der Waals surface area contributed by atoms with Crippen LogP contribution in [0.25, 0.3) is 0 Å². The molecule has 2 heterocycles. The number of ether oxygens (including phenoxy) is 1. The highest BCUT2D eigenvalue weighted by atomic mass is 32.1. The number of carbonyl (C=O) groups excluding carboxylic acids is 1. The Kier molecular flexibility index (Phi) is 5.72. The van der Waals surface area contributed by atoms with Crippen molar-refractivity contribution in [1.29, 1.82) is 0 Å². The Balaban J connectivity index is 1.86. The highest BCUT2D eigenvalue weighted by molar-refractivity contribution is 7.80. The van der Waals surface area contributed by atoms with E-state index in [-0.39, 0.29) is 6.61 Å². The van der Waals surface area contributed by atoms with Crippen LogP contribution >= 0.6 is 23.6 Å². The van der Waals surface area contributed by atoms with E-state index >= 15 is 0 Å². The van der Waals surface area contributed by atoms with Crippen LogP contribution in [0.1, 0.15) is 18.2 Å². The Bertz CT molecular complexity index is 540. The zero-order chi connectivity index (χ0) is 15.2. The van der Waals surface area contributed by atoms with Crippen LogP contribution in [0.3, 0.4) is 0 Å². The Hall–Kier alpha value is -1.44. The van der Waals surface area contributed by atoms with Crippen molar-refractivity contribution in [2.75, 3.05) is 13.2 Å². The molecule has 1 unspecified atom stereocenters. The van der Waals surface area contributed by atoms with E-state index < -0.39 is 12.0 Å². The lowest BCUT2D eigenvalue weighted by atomic mass is 10.0. The molecule has 0 radical (unpaired) electrons. The van der Waals surface area contributed by atoms with E-state index in [0.29, 0.717) is 23.0 Å². The van der Waals surface area contributed by atoms with E-state index in [0.717, 1.165) is 12.8 Å². The van der Waals surface area contributed by atoms with E-state index in [1.807, 2.05) is 11.4 Å². The second kappa shape index (κ2) is 7.53. The van der Waals surface area contributed by atoms with Crippen molar-refractivity contribution in [2.24, 2.45) is 0 Å². The van der Waals surface area contributed by atoms with Crippen LogP contribution in [-0.4, -0.2) is 35.4 Å². The Morgan fingerprint density at radius 1 is 1.57 bits per heavy atom. The third kappa shape index (κ3) is 4.26. The zero-order valence-corrected chi connectivity index (χ0v) is 13.4.